The van der Waals surface area contributed by atoms with Crippen molar-refractivity contribution in [3.8, 4) is 0 Å². The maximum atomic E-state index is 12.6. The zero-order valence-electron chi connectivity index (χ0n) is 12.8. The lowest BCUT2D eigenvalue weighted by Crippen LogP contribution is -2.37. The van der Waals surface area contributed by atoms with Gasteiger partial charge in [-0.1, -0.05) is 25.1 Å². The highest BCUT2D eigenvalue weighted by Gasteiger charge is 2.33. The van der Waals surface area contributed by atoms with E-state index < -0.39 is 0 Å². The highest BCUT2D eigenvalue weighted by molar-refractivity contribution is 5.81. The second kappa shape index (κ2) is 5.53. The molecule has 0 radical (unpaired) electrons. The van der Waals surface area contributed by atoms with Gasteiger partial charge in [-0.15, -0.1) is 0 Å². The summed E-state index contributed by atoms with van der Waals surface area (Å²) in [6.45, 7) is 5.84. The summed E-state index contributed by atoms with van der Waals surface area (Å²) in [7, 11) is 1.87. The zero-order valence-corrected chi connectivity index (χ0v) is 12.8. The van der Waals surface area contributed by atoms with Crippen LogP contribution in [0, 0.1) is 11.8 Å². The molecule has 0 bridgehead atoms. The summed E-state index contributed by atoms with van der Waals surface area (Å²) >= 11 is 0. The van der Waals surface area contributed by atoms with Crippen LogP contribution in [-0.4, -0.2) is 30.9 Å². The fraction of sp³-hybridized carbons (Fsp3) is 0.471. The van der Waals surface area contributed by atoms with Crippen LogP contribution in [0.5, 0.6) is 0 Å². The van der Waals surface area contributed by atoms with Gasteiger partial charge in [0.15, 0.2) is 0 Å². The summed E-state index contributed by atoms with van der Waals surface area (Å²) in [4.78, 5) is 14.4. The van der Waals surface area contributed by atoms with Crippen molar-refractivity contribution >= 4 is 16.9 Å². The monoisotopic (exact) mass is 286 g/mol. The number of fused-ring (bicyclic) bond motifs is 1. The number of furan rings is 1. The Balaban J connectivity index is 1.80. The third-order valence-electron chi connectivity index (χ3n) is 4.62. The van der Waals surface area contributed by atoms with E-state index in [1.54, 1.807) is 0 Å². The summed E-state index contributed by atoms with van der Waals surface area (Å²) in [5.74, 6) is 1.50. The van der Waals surface area contributed by atoms with E-state index in [1.165, 1.54) is 0 Å². The first-order valence-electron chi connectivity index (χ1n) is 7.54. The Hall–Kier alpha value is -1.81. The summed E-state index contributed by atoms with van der Waals surface area (Å²) in [6.07, 6.45) is 0. The van der Waals surface area contributed by atoms with Crippen molar-refractivity contribution in [1.82, 2.24) is 10.2 Å². The number of amides is 1. The Morgan fingerprint density at radius 1 is 1.38 bits per heavy atom. The van der Waals surface area contributed by atoms with Crippen LogP contribution in [0.4, 0.5) is 0 Å². The smallest absolute Gasteiger partial charge is 0.227 e. The quantitative estimate of drug-likeness (QED) is 0.943. The number of carbonyl (C=O) groups is 1. The molecule has 1 saturated heterocycles. The van der Waals surface area contributed by atoms with Gasteiger partial charge in [0, 0.05) is 19.0 Å². The molecule has 21 heavy (non-hydrogen) atoms. The minimum Gasteiger partial charge on any atom is -0.459 e. The Bertz CT molecular complexity index is 616. The van der Waals surface area contributed by atoms with E-state index in [2.05, 4.69) is 12.2 Å². The fourth-order valence-corrected chi connectivity index (χ4v) is 2.99. The third kappa shape index (κ3) is 2.56. The molecule has 1 unspecified atom stereocenters. The van der Waals surface area contributed by atoms with Crippen molar-refractivity contribution in [1.29, 1.82) is 0 Å². The molecule has 2 aromatic rings. The average Bonchev–Trinajstić information content (AvgIpc) is 3.10. The lowest BCUT2D eigenvalue weighted by Gasteiger charge is -2.27. The minimum absolute atomic E-state index is 0.0577. The first kappa shape index (κ1) is 14.1. The summed E-state index contributed by atoms with van der Waals surface area (Å²) in [5.41, 5.74) is 0.871. The van der Waals surface area contributed by atoms with Gasteiger partial charge in [0.1, 0.15) is 11.3 Å². The van der Waals surface area contributed by atoms with Gasteiger partial charge >= 0.3 is 0 Å². The Kier molecular flexibility index (Phi) is 3.72. The van der Waals surface area contributed by atoms with Crippen LogP contribution in [0.25, 0.3) is 11.0 Å². The zero-order chi connectivity index (χ0) is 15.0. The van der Waals surface area contributed by atoms with E-state index in [1.807, 2.05) is 49.2 Å². The molecule has 1 aromatic carbocycles. The number of benzene rings is 1. The second-order valence-corrected chi connectivity index (χ2v) is 6.05. The molecule has 1 aliphatic heterocycles. The Morgan fingerprint density at radius 3 is 2.81 bits per heavy atom. The van der Waals surface area contributed by atoms with E-state index in [-0.39, 0.29) is 17.9 Å². The first-order valence-corrected chi connectivity index (χ1v) is 7.54. The van der Waals surface area contributed by atoms with Crippen LogP contribution >= 0.6 is 0 Å². The van der Waals surface area contributed by atoms with Gasteiger partial charge in [-0.05, 0) is 31.5 Å². The number of para-hydroxylation sites is 1. The van der Waals surface area contributed by atoms with Gasteiger partial charge in [0.25, 0.3) is 0 Å². The van der Waals surface area contributed by atoms with Crippen LogP contribution < -0.4 is 5.32 Å². The lowest BCUT2D eigenvalue weighted by molar-refractivity contribution is -0.136. The molecule has 3 rings (SSSR count). The van der Waals surface area contributed by atoms with Crippen LogP contribution in [0.2, 0.25) is 0 Å². The van der Waals surface area contributed by atoms with Crippen molar-refractivity contribution in [3.63, 3.8) is 0 Å². The summed E-state index contributed by atoms with van der Waals surface area (Å²) in [6, 6.07) is 9.90. The molecule has 1 aromatic heterocycles. The Labute approximate surface area is 125 Å². The van der Waals surface area contributed by atoms with E-state index >= 15 is 0 Å². The predicted molar refractivity (Wildman–Crippen MR) is 82.9 cm³/mol. The third-order valence-corrected chi connectivity index (χ3v) is 4.62. The molecule has 1 N–H and O–H groups in total. The molecule has 0 saturated carbocycles. The highest BCUT2D eigenvalue weighted by atomic mass is 16.3. The molecule has 1 aliphatic rings. The fourth-order valence-electron chi connectivity index (χ4n) is 2.99. The number of nitrogens with zero attached hydrogens (tertiary/aromatic N) is 1. The van der Waals surface area contributed by atoms with Crippen molar-refractivity contribution in [3.05, 3.63) is 36.1 Å². The number of carbonyl (C=O) groups excluding carboxylic acids is 1. The van der Waals surface area contributed by atoms with Crippen molar-refractivity contribution in [2.75, 3.05) is 20.1 Å². The van der Waals surface area contributed by atoms with Gasteiger partial charge in [0.2, 0.25) is 5.91 Å². The van der Waals surface area contributed by atoms with Crippen LogP contribution in [0.15, 0.2) is 34.7 Å². The van der Waals surface area contributed by atoms with E-state index in [9.17, 15) is 4.79 Å². The molecule has 4 heteroatoms. The maximum Gasteiger partial charge on any atom is 0.227 e. The molecule has 112 valence electrons. The standard InChI is InChI=1S/C17H22N2O2/c1-11-9-18-10-14(11)17(20)19(3)12(2)16-8-13-6-4-5-7-15(13)21-16/h4-8,11-12,14,18H,9-10H2,1-3H3/t11-,12?,14-/m1/s1. The Morgan fingerprint density at radius 2 is 2.14 bits per heavy atom. The van der Waals surface area contributed by atoms with Gasteiger partial charge in [-0.25, -0.2) is 0 Å². The SMILES string of the molecule is CC(c1cc2ccccc2o1)N(C)C(=O)[C@@H]1CNC[C@H]1C. The van der Waals surface area contributed by atoms with Crippen molar-refractivity contribution < 1.29 is 9.21 Å². The van der Waals surface area contributed by atoms with E-state index in [0.29, 0.717) is 5.92 Å². The molecular weight excluding hydrogens is 264 g/mol. The predicted octanol–water partition coefficient (Wildman–Crippen LogP) is 2.81. The normalized spacial score (nSPS) is 23.4. The number of rotatable bonds is 3. The minimum atomic E-state index is -0.0577. The number of hydrogen-bond acceptors (Lipinski definition) is 3. The van der Waals surface area contributed by atoms with Gasteiger partial charge < -0.3 is 14.6 Å². The van der Waals surface area contributed by atoms with Gasteiger partial charge in [0.05, 0.1) is 12.0 Å². The molecule has 0 aliphatic carbocycles. The maximum absolute atomic E-state index is 12.6. The van der Waals surface area contributed by atoms with Crippen molar-refractivity contribution in [2.24, 2.45) is 11.8 Å². The molecule has 2 heterocycles. The first-order chi connectivity index (χ1) is 10.1. The average molecular weight is 286 g/mol. The summed E-state index contributed by atoms with van der Waals surface area (Å²) < 4.78 is 5.88. The second-order valence-electron chi connectivity index (χ2n) is 6.05. The van der Waals surface area contributed by atoms with Crippen LogP contribution in [0.1, 0.15) is 25.6 Å². The lowest BCUT2D eigenvalue weighted by atomic mass is 9.96. The van der Waals surface area contributed by atoms with Gasteiger partial charge in [-0.2, -0.15) is 0 Å². The number of hydrogen-bond donors (Lipinski definition) is 1. The van der Waals surface area contributed by atoms with Gasteiger partial charge in [-0.3, -0.25) is 4.79 Å². The molecule has 0 spiro atoms. The number of nitrogens with one attached hydrogen (secondary N) is 1. The topological polar surface area (TPSA) is 45.5 Å². The molecule has 1 fully saturated rings. The molecule has 4 nitrogen and oxygen atoms in total. The molecule has 1 amide bonds. The summed E-state index contributed by atoms with van der Waals surface area (Å²) in [5, 5.41) is 4.37. The van der Waals surface area contributed by atoms with Crippen molar-refractivity contribution in [2.45, 2.75) is 19.9 Å². The largest absolute Gasteiger partial charge is 0.459 e. The molecule has 3 atom stereocenters. The molecular formula is C17H22N2O2. The highest BCUT2D eigenvalue weighted by Crippen LogP contribution is 2.28. The van der Waals surface area contributed by atoms with Crippen LogP contribution in [-0.2, 0) is 4.79 Å². The van der Waals surface area contributed by atoms with Crippen LogP contribution in [0.3, 0.4) is 0 Å². The van der Waals surface area contributed by atoms with E-state index in [0.717, 1.165) is 29.8 Å². The van der Waals surface area contributed by atoms with E-state index in [4.69, 9.17) is 4.42 Å².